The number of likely N-dealkylation sites (N-methyl/N-ethyl adjacent to an activating group) is 1. The molecule has 0 aliphatic carbocycles. The average Bonchev–Trinajstić information content (AvgIpc) is 2.86. The summed E-state index contributed by atoms with van der Waals surface area (Å²) in [5, 5.41) is 3.65. The molecule has 5 heteroatoms. The Labute approximate surface area is 118 Å². The highest BCUT2D eigenvalue weighted by molar-refractivity contribution is 6.32. The summed E-state index contributed by atoms with van der Waals surface area (Å²) in [7, 11) is 1.90. The van der Waals surface area contributed by atoms with Crippen LogP contribution in [0.1, 0.15) is 12.8 Å². The summed E-state index contributed by atoms with van der Waals surface area (Å²) >= 11 is 5.99. The molecule has 0 bridgehead atoms. The van der Waals surface area contributed by atoms with E-state index in [1.165, 1.54) is 0 Å². The lowest BCUT2D eigenvalue weighted by Gasteiger charge is -2.24. The van der Waals surface area contributed by atoms with Crippen molar-refractivity contribution < 1.29 is 9.53 Å². The van der Waals surface area contributed by atoms with Crippen molar-refractivity contribution in [2.45, 2.75) is 18.9 Å². The van der Waals surface area contributed by atoms with Gasteiger partial charge < -0.3 is 15.0 Å². The van der Waals surface area contributed by atoms with Gasteiger partial charge >= 0.3 is 0 Å². The lowest BCUT2D eigenvalue weighted by molar-refractivity contribution is -0.134. The molecule has 0 aromatic heterocycles. The molecule has 0 radical (unpaired) electrons. The predicted molar refractivity (Wildman–Crippen MR) is 75.6 cm³/mol. The van der Waals surface area contributed by atoms with Gasteiger partial charge in [-0.2, -0.15) is 0 Å². The monoisotopic (exact) mass is 282 g/mol. The Morgan fingerprint density at radius 3 is 3.05 bits per heavy atom. The second-order valence-electron chi connectivity index (χ2n) is 4.66. The third-order valence-corrected chi connectivity index (χ3v) is 3.64. The lowest BCUT2D eigenvalue weighted by Crippen LogP contribution is -2.43. The number of carbonyl (C=O) groups is 1. The summed E-state index contributed by atoms with van der Waals surface area (Å²) < 4.78 is 5.49. The van der Waals surface area contributed by atoms with Gasteiger partial charge in [0, 0.05) is 19.1 Å². The van der Waals surface area contributed by atoms with Crippen molar-refractivity contribution in [2.75, 3.05) is 26.7 Å². The van der Waals surface area contributed by atoms with E-state index in [1.807, 2.05) is 24.1 Å². The number of hydrogen-bond acceptors (Lipinski definition) is 3. The first-order valence-corrected chi connectivity index (χ1v) is 6.91. The van der Waals surface area contributed by atoms with E-state index in [4.69, 9.17) is 16.3 Å². The molecular formula is C14H19ClN2O2. The molecule has 1 aliphatic heterocycles. The number of nitrogens with one attached hydrogen (secondary N) is 1. The summed E-state index contributed by atoms with van der Waals surface area (Å²) in [5.74, 6) is 0.583. The van der Waals surface area contributed by atoms with E-state index in [2.05, 4.69) is 5.32 Å². The SMILES string of the molecule is CNC[C@H]1CCCN1C(=O)COc1ccccc1Cl. The molecule has 1 saturated heterocycles. The van der Waals surface area contributed by atoms with Crippen LogP contribution in [0.5, 0.6) is 5.75 Å². The Bertz CT molecular complexity index is 439. The highest BCUT2D eigenvalue weighted by Crippen LogP contribution is 2.23. The van der Waals surface area contributed by atoms with E-state index in [-0.39, 0.29) is 18.6 Å². The van der Waals surface area contributed by atoms with Crippen molar-refractivity contribution in [1.29, 1.82) is 0 Å². The zero-order chi connectivity index (χ0) is 13.7. The van der Waals surface area contributed by atoms with Crippen molar-refractivity contribution in [1.82, 2.24) is 10.2 Å². The maximum Gasteiger partial charge on any atom is 0.260 e. The fourth-order valence-electron chi connectivity index (χ4n) is 2.40. The third-order valence-electron chi connectivity index (χ3n) is 3.33. The van der Waals surface area contributed by atoms with Gasteiger partial charge in [0.05, 0.1) is 5.02 Å². The van der Waals surface area contributed by atoms with Gasteiger partial charge in [-0.1, -0.05) is 23.7 Å². The van der Waals surface area contributed by atoms with E-state index in [1.54, 1.807) is 12.1 Å². The van der Waals surface area contributed by atoms with Crippen molar-refractivity contribution >= 4 is 17.5 Å². The van der Waals surface area contributed by atoms with E-state index in [9.17, 15) is 4.79 Å². The summed E-state index contributed by atoms with van der Waals surface area (Å²) in [5.41, 5.74) is 0. The molecular weight excluding hydrogens is 264 g/mol. The normalized spacial score (nSPS) is 18.6. The van der Waals surface area contributed by atoms with Crippen molar-refractivity contribution in [3.8, 4) is 5.75 Å². The number of likely N-dealkylation sites (tertiary alicyclic amines) is 1. The predicted octanol–water partition coefficient (Wildman–Crippen LogP) is 1.93. The maximum absolute atomic E-state index is 12.1. The second kappa shape index (κ2) is 6.78. The Kier molecular flexibility index (Phi) is 5.05. The van der Waals surface area contributed by atoms with Crippen LogP contribution < -0.4 is 10.1 Å². The topological polar surface area (TPSA) is 41.6 Å². The standard InChI is InChI=1S/C14H19ClN2O2/c1-16-9-11-5-4-8-17(11)14(18)10-19-13-7-3-2-6-12(13)15/h2-3,6-7,11,16H,4-5,8-10H2,1H3/t11-/m1/s1. The van der Waals surface area contributed by atoms with Gasteiger partial charge in [-0.05, 0) is 32.0 Å². The van der Waals surface area contributed by atoms with E-state index in [0.717, 1.165) is 25.9 Å². The smallest absolute Gasteiger partial charge is 0.260 e. The summed E-state index contributed by atoms with van der Waals surface area (Å²) in [6.07, 6.45) is 2.11. The first-order chi connectivity index (χ1) is 9.22. The molecule has 104 valence electrons. The highest BCUT2D eigenvalue weighted by Gasteiger charge is 2.28. The van der Waals surface area contributed by atoms with Crippen LogP contribution in [0.2, 0.25) is 5.02 Å². The van der Waals surface area contributed by atoms with Gasteiger partial charge in [0.15, 0.2) is 6.61 Å². The quantitative estimate of drug-likeness (QED) is 0.897. The first kappa shape index (κ1) is 14.2. The van der Waals surface area contributed by atoms with Crippen LogP contribution in [0.4, 0.5) is 0 Å². The molecule has 1 atom stereocenters. The van der Waals surface area contributed by atoms with Gasteiger partial charge in [0.2, 0.25) is 0 Å². The lowest BCUT2D eigenvalue weighted by atomic mass is 10.2. The van der Waals surface area contributed by atoms with Crippen molar-refractivity contribution in [2.24, 2.45) is 0 Å². The molecule has 1 aromatic carbocycles. The number of hydrogen-bond donors (Lipinski definition) is 1. The molecule has 19 heavy (non-hydrogen) atoms. The second-order valence-corrected chi connectivity index (χ2v) is 5.07. The fourth-order valence-corrected chi connectivity index (χ4v) is 2.59. The van der Waals surface area contributed by atoms with E-state index >= 15 is 0 Å². The Hall–Kier alpha value is -1.26. The molecule has 1 heterocycles. The molecule has 0 spiro atoms. The number of para-hydroxylation sites is 1. The van der Waals surface area contributed by atoms with Gasteiger partial charge in [-0.3, -0.25) is 4.79 Å². The van der Waals surface area contributed by atoms with Crippen molar-refractivity contribution in [3.63, 3.8) is 0 Å². The van der Waals surface area contributed by atoms with Gasteiger partial charge in [0.1, 0.15) is 5.75 Å². The van der Waals surface area contributed by atoms with E-state index < -0.39 is 0 Å². The van der Waals surface area contributed by atoms with Crippen molar-refractivity contribution in [3.05, 3.63) is 29.3 Å². The molecule has 1 aliphatic rings. The molecule has 1 N–H and O–H groups in total. The zero-order valence-electron chi connectivity index (χ0n) is 11.1. The molecule has 0 saturated carbocycles. The summed E-state index contributed by atoms with van der Waals surface area (Å²) in [6.45, 7) is 1.69. The van der Waals surface area contributed by atoms with Crippen LogP contribution in [0.25, 0.3) is 0 Å². The van der Waals surface area contributed by atoms with Gasteiger partial charge in [-0.15, -0.1) is 0 Å². The summed E-state index contributed by atoms with van der Waals surface area (Å²) in [4.78, 5) is 14.0. The van der Waals surface area contributed by atoms with Crippen LogP contribution in [-0.2, 0) is 4.79 Å². The molecule has 2 rings (SSSR count). The fraction of sp³-hybridized carbons (Fsp3) is 0.500. The number of halogens is 1. The largest absolute Gasteiger partial charge is 0.482 e. The Morgan fingerprint density at radius 2 is 2.32 bits per heavy atom. The van der Waals surface area contributed by atoms with E-state index in [0.29, 0.717) is 10.8 Å². The van der Waals surface area contributed by atoms with Crippen LogP contribution in [0.3, 0.4) is 0 Å². The zero-order valence-corrected chi connectivity index (χ0v) is 11.8. The van der Waals surface area contributed by atoms with Gasteiger partial charge in [-0.25, -0.2) is 0 Å². The molecule has 1 aromatic rings. The number of carbonyl (C=O) groups excluding carboxylic acids is 1. The first-order valence-electron chi connectivity index (χ1n) is 6.53. The molecule has 0 unspecified atom stereocenters. The van der Waals surface area contributed by atoms with Crippen LogP contribution in [0.15, 0.2) is 24.3 Å². The number of nitrogens with zero attached hydrogens (tertiary/aromatic N) is 1. The molecule has 4 nitrogen and oxygen atoms in total. The average molecular weight is 283 g/mol. The number of amides is 1. The minimum Gasteiger partial charge on any atom is -0.482 e. The van der Waals surface area contributed by atoms with Crippen LogP contribution >= 0.6 is 11.6 Å². The minimum absolute atomic E-state index is 0.0256. The number of ether oxygens (including phenoxy) is 1. The van der Waals surface area contributed by atoms with Crippen LogP contribution in [-0.4, -0.2) is 43.6 Å². The minimum atomic E-state index is 0.0256. The summed E-state index contributed by atoms with van der Waals surface area (Å²) in [6, 6.07) is 7.48. The third kappa shape index (κ3) is 3.61. The maximum atomic E-state index is 12.1. The number of rotatable bonds is 5. The van der Waals surface area contributed by atoms with Crippen LogP contribution in [0, 0.1) is 0 Å². The Balaban J connectivity index is 1.89. The van der Waals surface area contributed by atoms with Gasteiger partial charge in [0.25, 0.3) is 5.91 Å². The molecule has 1 fully saturated rings. The Morgan fingerprint density at radius 1 is 1.53 bits per heavy atom. The number of benzene rings is 1. The highest BCUT2D eigenvalue weighted by atomic mass is 35.5. The molecule has 1 amide bonds.